The smallest absolute Gasteiger partial charge is 0.228 e. The molecule has 2 fully saturated rings. The first-order chi connectivity index (χ1) is 13.7. The van der Waals surface area contributed by atoms with Gasteiger partial charge in [0.15, 0.2) is 0 Å². The van der Waals surface area contributed by atoms with E-state index in [4.69, 9.17) is 0 Å². The Hall–Kier alpha value is -3.40. The summed E-state index contributed by atoms with van der Waals surface area (Å²) >= 11 is 0. The minimum Gasteiger partial charge on any atom is -0.373 e. The molecule has 0 aliphatic heterocycles. The van der Waals surface area contributed by atoms with Crippen molar-refractivity contribution in [3.63, 3.8) is 0 Å². The Morgan fingerprint density at radius 1 is 1.11 bits per heavy atom. The third kappa shape index (κ3) is 3.29. The summed E-state index contributed by atoms with van der Waals surface area (Å²) in [7, 11) is 1.82. The number of aromatic nitrogens is 4. The summed E-state index contributed by atoms with van der Waals surface area (Å²) in [5.41, 5.74) is 1.67. The summed E-state index contributed by atoms with van der Waals surface area (Å²) in [4.78, 5) is 20.9. The fraction of sp³-hybridized carbons (Fsp3) is 0.333. The van der Waals surface area contributed by atoms with Gasteiger partial charge >= 0.3 is 0 Å². The molecule has 5 rings (SSSR count). The number of fused-ring (bicyclic) bond motifs is 1. The molecule has 3 heterocycles. The Morgan fingerprint density at radius 2 is 1.96 bits per heavy atom. The zero-order valence-electron chi connectivity index (χ0n) is 15.6. The van der Waals surface area contributed by atoms with Gasteiger partial charge in [0.25, 0.3) is 0 Å². The van der Waals surface area contributed by atoms with E-state index in [9.17, 15) is 4.79 Å². The Balaban J connectivity index is 1.51. The SMILES string of the molecule is CNc1ncc(C#Cc2cnn(C3CC3)c2)c2cc(NC(=O)C3CC3)ncc12. The van der Waals surface area contributed by atoms with Gasteiger partial charge in [-0.05, 0) is 31.7 Å². The van der Waals surface area contributed by atoms with Crippen molar-refractivity contribution in [1.29, 1.82) is 0 Å². The quantitative estimate of drug-likeness (QED) is 0.688. The maximum absolute atomic E-state index is 12.1. The molecule has 0 spiro atoms. The molecule has 28 heavy (non-hydrogen) atoms. The highest BCUT2D eigenvalue weighted by atomic mass is 16.2. The van der Waals surface area contributed by atoms with Crippen LogP contribution >= 0.6 is 0 Å². The predicted octanol–water partition coefficient (Wildman–Crippen LogP) is 2.95. The van der Waals surface area contributed by atoms with Crippen LogP contribution in [0.5, 0.6) is 0 Å². The van der Waals surface area contributed by atoms with E-state index in [0.29, 0.717) is 11.9 Å². The topological polar surface area (TPSA) is 84.7 Å². The lowest BCUT2D eigenvalue weighted by Gasteiger charge is -2.09. The maximum atomic E-state index is 12.1. The highest BCUT2D eigenvalue weighted by Gasteiger charge is 2.29. The molecule has 7 heteroatoms. The van der Waals surface area contributed by atoms with Gasteiger partial charge in [0.05, 0.1) is 23.4 Å². The van der Waals surface area contributed by atoms with E-state index in [1.165, 1.54) is 12.8 Å². The fourth-order valence-corrected chi connectivity index (χ4v) is 3.16. The average Bonchev–Trinajstić information content (AvgIpc) is 3.64. The lowest BCUT2D eigenvalue weighted by molar-refractivity contribution is -0.117. The molecule has 2 aliphatic carbocycles. The van der Waals surface area contributed by atoms with Crippen LogP contribution in [0.15, 0.2) is 30.9 Å². The van der Waals surface area contributed by atoms with Crippen LogP contribution in [0.3, 0.4) is 0 Å². The molecular weight excluding hydrogens is 352 g/mol. The molecule has 3 aromatic rings. The molecule has 0 unspecified atom stereocenters. The molecule has 2 N–H and O–H groups in total. The van der Waals surface area contributed by atoms with E-state index < -0.39 is 0 Å². The fourth-order valence-electron chi connectivity index (χ4n) is 3.16. The second-order valence-corrected chi connectivity index (χ2v) is 7.34. The van der Waals surface area contributed by atoms with Gasteiger partial charge in [-0.25, -0.2) is 9.97 Å². The van der Waals surface area contributed by atoms with Gasteiger partial charge in [-0.2, -0.15) is 5.10 Å². The summed E-state index contributed by atoms with van der Waals surface area (Å²) in [6.07, 6.45) is 11.6. The molecule has 0 radical (unpaired) electrons. The van der Waals surface area contributed by atoms with Crippen LogP contribution in [0.2, 0.25) is 0 Å². The first-order valence-electron chi connectivity index (χ1n) is 9.55. The normalized spacial score (nSPS) is 15.8. The number of pyridine rings is 2. The Morgan fingerprint density at radius 3 is 2.71 bits per heavy atom. The van der Waals surface area contributed by atoms with Crippen LogP contribution in [0, 0.1) is 17.8 Å². The molecule has 0 saturated heterocycles. The highest BCUT2D eigenvalue weighted by molar-refractivity contribution is 5.99. The van der Waals surface area contributed by atoms with Crippen molar-refractivity contribution in [2.75, 3.05) is 17.7 Å². The molecule has 2 saturated carbocycles. The van der Waals surface area contributed by atoms with Crippen LogP contribution in [-0.2, 0) is 4.79 Å². The number of nitrogens with one attached hydrogen (secondary N) is 2. The van der Waals surface area contributed by atoms with Crippen molar-refractivity contribution in [2.24, 2.45) is 5.92 Å². The summed E-state index contributed by atoms with van der Waals surface area (Å²) in [6.45, 7) is 0. The third-order valence-corrected chi connectivity index (χ3v) is 5.07. The van der Waals surface area contributed by atoms with Gasteiger partial charge < -0.3 is 10.6 Å². The van der Waals surface area contributed by atoms with E-state index in [1.54, 1.807) is 18.6 Å². The Kier molecular flexibility index (Phi) is 3.97. The van der Waals surface area contributed by atoms with Crippen molar-refractivity contribution >= 4 is 28.3 Å². The number of rotatable bonds is 4. The van der Waals surface area contributed by atoms with Crippen LogP contribution < -0.4 is 10.6 Å². The van der Waals surface area contributed by atoms with Crippen molar-refractivity contribution in [3.05, 3.63) is 42.0 Å². The standard InChI is InChI=1S/C21H20N6O/c1-22-20-18-11-23-19(26-21(28)14-4-5-14)8-17(18)15(10-24-20)3-2-13-9-25-27(12-13)16-6-7-16/h8-12,14,16H,4-7H2,1H3,(H,22,24)(H,23,26,28). The van der Waals surface area contributed by atoms with E-state index in [-0.39, 0.29) is 11.8 Å². The Labute approximate surface area is 162 Å². The summed E-state index contributed by atoms with van der Waals surface area (Å²) < 4.78 is 1.99. The predicted molar refractivity (Wildman–Crippen MR) is 107 cm³/mol. The average molecular weight is 372 g/mol. The third-order valence-electron chi connectivity index (χ3n) is 5.07. The number of hydrogen-bond acceptors (Lipinski definition) is 5. The molecule has 7 nitrogen and oxygen atoms in total. The molecular formula is C21H20N6O. The number of amides is 1. The Bertz CT molecular complexity index is 1130. The highest BCUT2D eigenvalue weighted by Crippen LogP contribution is 2.34. The molecule has 140 valence electrons. The number of anilines is 2. The van der Waals surface area contributed by atoms with Gasteiger partial charge in [-0.1, -0.05) is 11.8 Å². The van der Waals surface area contributed by atoms with Gasteiger partial charge in [0.1, 0.15) is 11.6 Å². The van der Waals surface area contributed by atoms with E-state index >= 15 is 0 Å². The monoisotopic (exact) mass is 372 g/mol. The van der Waals surface area contributed by atoms with Crippen molar-refractivity contribution in [3.8, 4) is 11.8 Å². The largest absolute Gasteiger partial charge is 0.373 e. The first-order valence-corrected chi connectivity index (χ1v) is 9.55. The van der Waals surface area contributed by atoms with Crippen LogP contribution in [-0.4, -0.2) is 32.7 Å². The van der Waals surface area contributed by atoms with E-state index in [2.05, 4.69) is 37.5 Å². The van der Waals surface area contributed by atoms with Gasteiger partial charge in [0.2, 0.25) is 5.91 Å². The zero-order valence-corrected chi connectivity index (χ0v) is 15.6. The summed E-state index contributed by atoms with van der Waals surface area (Å²) in [6, 6.07) is 2.41. The molecule has 0 bridgehead atoms. The molecule has 1 amide bonds. The maximum Gasteiger partial charge on any atom is 0.228 e. The van der Waals surface area contributed by atoms with Crippen molar-refractivity contribution in [2.45, 2.75) is 31.7 Å². The van der Waals surface area contributed by atoms with Crippen molar-refractivity contribution < 1.29 is 4.79 Å². The van der Waals surface area contributed by atoms with Crippen LogP contribution in [0.25, 0.3) is 10.8 Å². The number of nitrogens with zero attached hydrogens (tertiary/aromatic N) is 4. The number of carbonyl (C=O) groups is 1. The second-order valence-electron chi connectivity index (χ2n) is 7.34. The van der Waals surface area contributed by atoms with E-state index in [0.717, 1.165) is 40.6 Å². The number of carbonyl (C=O) groups excluding carboxylic acids is 1. The van der Waals surface area contributed by atoms with Crippen molar-refractivity contribution in [1.82, 2.24) is 19.7 Å². The zero-order chi connectivity index (χ0) is 19.1. The molecule has 2 aliphatic rings. The van der Waals surface area contributed by atoms with Crippen LogP contribution in [0.4, 0.5) is 11.6 Å². The molecule has 0 atom stereocenters. The minimum absolute atomic E-state index is 0.0369. The lowest BCUT2D eigenvalue weighted by Crippen LogP contribution is -2.14. The van der Waals surface area contributed by atoms with Gasteiger partial charge in [0, 0.05) is 42.3 Å². The van der Waals surface area contributed by atoms with Gasteiger partial charge in [-0.3, -0.25) is 9.48 Å². The lowest BCUT2D eigenvalue weighted by atomic mass is 10.1. The number of hydrogen-bond donors (Lipinski definition) is 2. The van der Waals surface area contributed by atoms with Gasteiger partial charge in [-0.15, -0.1) is 0 Å². The summed E-state index contributed by atoms with van der Waals surface area (Å²) in [5, 5.41) is 12.1. The molecule has 0 aromatic carbocycles. The second kappa shape index (κ2) is 6.64. The first kappa shape index (κ1) is 16.8. The molecule has 3 aromatic heterocycles. The summed E-state index contributed by atoms with van der Waals surface area (Å²) in [5.74, 6) is 7.83. The van der Waals surface area contributed by atoms with Crippen LogP contribution in [0.1, 0.15) is 42.9 Å². The van der Waals surface area contributed by atoms with E-state index in [1.807, 2.05) is 24.0 Å². The minimum atomic E-state index is 0.0369.